The minimum Gasteiger partial charge on any atom is -0.345 e. The SMILES string of the molecule is CC(=O)N(C)CCN(C(C)C)C(C)C. The number of hydrogen-bond donors (Lipinski definition) is 0. The molecule has 14 heavy (non-hydrogen) atoms. The van der Waals surface area contributed by atoms with Gasteiger partial charge in [0.1, 0.15) is 0 Å². The van der Waals surface area contributed by atoms with Gasteiger partial charge in [-0.1, -0.05) is 0 Å². The van der Waals surface area contributed by atoms with Crippen molar-refractivity contribution in [2.24, 2.45) is 0 Å². The average Bonchev–Trinajstić information content (AvgIpc) is 2.02. The van der Waals surface area contributed by atoms with E-state index in [1.807, 2.05) is 7.05 Å². The first kappa shape index (κ1) is 13.4. The molecule has 3 nitrogen and oxygen atoms in total. The van der Waals surface area contributed by atoms with E-state index in [1.54, 1.807) is 11.8 Å². The van der Waals surface area contributed by atoms with Crippen LogP contribution >= 0.6 is 0 Å². The smallest absolute Gasteiger partial charge is 0.219 e. The third-order valence-electron chi connectivity index (χ3n) is 2.56. The van der Waals surface area contributed by atoms with Crippen molar-refractivity contribution in [3.8, 4) is 0 Å². The number of likely N-dealkylation sites (N-methyl/N-ethyl adjacent to an activating group) is 1. The molecule has 0 spiro atoms. The van der Waals surface area contributed by atoms with Gasteiger partial charge < -0.3 is 4.90 Å². The second kappa shape index (κ2) is 6.02. The van der Waals surface area contributed by atoms with Gasteiger partial charge in [-0.2, -0.15) is 0 Å². The Bertz CT molecular complexity index is 170. The summed E-state index contributed by atoms with van der Waals surface area (Å²) in [7, 11) is 1.85. The highest BCUT2D eigenvalue weighted by Crippen LogP contribution is 2.04. The summed E-state index contributed by atoms with van der Waals surface area (Å²) in [5.41, 5.74) is 0. The van der Waals surface area contributed by atoms with E-state index in [-0.39, 0.29) is 5.91 Å². The predicted octanol–water partition coefficient (Wildman–Crippen LogP) is 1.58. The van der Waals surface area contributed by atoms with E-state index in [0.717, 1.165) is 13.1 Å². The van der Waals surface area contributed by atoms with Gasteiger partial charge in [-0.3, -0.25) is 9.69 Å². The summed E-state index contributed by atoms with van der Waals surface area (Å²) in [5, 5.41) is 0. The van der Waals surface area contributed by atoms with Crippen LogP contribution in [-0.4, -0.2) is 47.9 Å². The lowest BCUT2D eigenvalue weighted by atomic mass is 10.2. The summed E-state index contributed by atoms with van der Waals surface area (Å²) in [5.74, 6) is 0.137. The maximum Gasteiger partial charge on any atom is 0.219 e. The lowest BCUT2D eigenvalue weighted by Gasteiger charge is -2.31. The molecule has 1 amide bonds. The highest BCUT2D eigenvalue weighted by molar-refractivity contribution is 5.72. The average molecular weight is 200 g/mol. The fourth-order valence-corrected chi connectivity index (χ4v) is 1.54. The van der Waals surface area contributed by atoms with Crippen molar-refractivity contribution >= 4 is 5.91 Å². The third kappa shape index (κ3) is 4.61. The Labute approximate surface area is 88.1 Å². The quantitative estimate of drug-likeness (QED) is 0.673. The van der Waals surface area contributed by atoms with E-state index in [4.69, 9.17) is 0 Å². The van der Waals surface area contributed by atoms with Gasteiger partial charge in [-0.05, 0) is 27.7 Å². The first-order valence-electron chi connectivity index (χ1n) is 5.33. The molecule has 0 N–H and O–H groups in total. The second-order valence-electron chi connectivity index (χ2n) is 4.37. The van der Waals surface area contributed by atoms with Crippen LogP contribution in [0.5, 0.6) is 0 Å². The minimum atomic E-state index is 0.137. The van der Waals surface area contributed by atoms with E-state index < -0.39 is 0 Å². The molecule has 0 atom stereocenters. The van der Waals surface area contributed by atoms with Crippen LogP contribution in [0, 0.1) is 0 Å². The Hall–Kier alpha value is -0.570. The number of amides is 1. The Morgan fingerprint density at radius 1 is 1.07 bits per heavy atom. The maximum absolute atomic E-state index is 11.0. The van der Waals surface area contributed by atoms with Crippen LogP contribution < -0.4 is 0 Å². The van der Waals surface area contributed by atoms with Crippen LogP contribution in [0.1, 0.15) is 34.6 Å². The zero-order chi connectivity index (χ0) is 11.3. The summed E-state index contributed by atoms with van der Waals surface area (Å²) in [6.07, 6.45) is 0. The van der Waals surface area contributed by atoms with Gasteiger partial charge in [0, 0.05) is 39.1 Å². The zero-order valence-electron chi connectivity index (χ0n) is 10.4. The number of carbonyl (C=O) groups is 1. The number of hydrogen-bond acceptors (Lipinski definition) is 2. The fourth-order valence-electron chi connectivity index (χ4n) is 1.54. The van der Waals surface area contributed by atoms with Crippen molar-refractivity contribution < 1.29 is 4.79 Å². The van der Waals surface area contributed by atoms with E-state index in [0.29, 0.717) is 12.1 Å². The highest BCUT2D eigenvalue weighted by Gasteiger charge is 2.14. The van der Waals surface area contributed by atoms with Crippen LogP contribution in [0.2, 0.25) is 0 Å². The normalized spacial score (nSPS) is 11.5. The van der Waals surface area contributed by atoms with Gasteiger partial charge >= 0.3 is 0 Å². The first-order valence-corrected chi connectivity index (χ1v) is 5.33. The van der Waals surface area contributed by atoms with E-state index in [9.17, 15) is 4.79 Å². The van der Waals surface area contributed by atoms with Crippen LogP contribution in [0.15, 0.2) is 0 Å². The van der Waals surface area contributed by atoms with Gasteiger partial charge in [0.05, 0.1) is 0 Å². The summed E-state index contributed by atoms with van der Waals surface area (Å²) >= 11 is 0. The molecular formula is C11H24N2O. The van der Waals surface area contributed by atoms with Crippen LogP contribution in [0.4, 0.5) is 0 Å². The molecule has 0 saturated heterocycles. The second-order valence-corrected chi connectivity index (χ2v) is 4.37. The molecule has 0 aromatic carbocycles. The van der Waals surface area contributed by atoms with Gasteiger partial charge in [0.25, 0.3) is 0 Å². The van der Waals surface area contributed by atoms with E-state index in [2.05, 4.69) is 32.6 Å². The molecule has 0 bridgehead atoms. The molecule has 0 heterocycles. The highest BCUT2D eigenvalue weighted by atomic mass is 16.2. The fraction of sp³-hybridized carbons (Fsp3) is 0.909. The molecule has 0 aliphatic rings. The largest absolute Gasteiger partial charge is 0.345 e. The topological polar surface area (TPSA) is 23.6 Å². The molecule has 3 heteroatoms. The molecule has 84 valence electrons. The molecule has 0 fully saturated rings. The lowest BCUT2D eigenvalue weighted by molar-refractivity contribution is -0.127. The van der Waals surface area contributed by atoms with Crippen molar-refractivity contribution in [3.63, 3.8) is 0 Å². The summed E-state index contributed by atoms with van der Waals surface area (Å²) in [6.45, 7) is 12.1. The van der Waals surface area contributed by atoms with Gasteiger partial charge in [0.2, 0.25) is 5.91 Å². The molecule has 0 radical (unpaired) electrons. The lowest BCUT2D eigenvalue weighted by Crippen LogP contribution is -2.42. The number of nitrogens with zero attached hydrogens (tertiary/aromatic N) is 2. The Morgan fingerprint density at radius 2 is 1.50 bits per heavy atom. The summed E-state index contributed by atoms with van der Waals surface area (Å²) < 4.78 is 0. The molecule has 0 aliphatic carbocycles. The van der Waals surface area contributed by atoms with Crippen molar-refractivity contribution in [1.82, 2.24) is 9.80 Å². The molecule has 0 rings (SSSR count). The van der Waals surface area contributed by atoms with Crippen molar-refractivity contribution in [2.45, 2.75) is 46.7 Å². The number of rotatable bonds is 5. The number of carbonyl (C=O) groups excluding carboxylic acids is 1. The Balaban J connectivity index is 4.00. The Kier molecular flexibility index (Phi) is 5.77. The van der Waals surface area contributed by atoms with Crippen molar-refractivity contribution in [1.29, 1.82) is 0 Å². The Morgan fingerprint density at radius 3 is 1.79 bits per heavy atom. The molecular weight excluding hydrogens is 176 g/mol. The van der Waals surface area contributed by atoms with Gasteiger partial charge in [-0.25, -0.2) is 0 Å². The standard InChI is InChI=1S/C11H24N2O/c1-9(2)13(10(3)4)8-7-12(6)11(5)14/h9-10H,7-8H2,1-6H3. The molecule has 0 unspecified atom stereocenters. The van der Waals surface area contributed by atoms with Gasteiger partial charge in [0.15, 0.2) is 0 Å². The van der Waals surface area contributed by atoms with E-state index in [1.165, 1.54) is 0 Å². The van der Waals surface area contributed by atoms with Crippen LogP contribution in [0.3, 0.4) is 0 Å². The maximum atomic E-state index is 11.0. The minimum absolute atomic E-state index is 0.137. The third-order valence-corrected chi connectivity index (χ3v) is 2.56. The van der Waals surface area contributed by atoms with Crippen LogP contribution in [-0.2, 0) is 4.79 Å². The van der Waals surface area contributed by atoms with Crippen molar-refractivity contribution in [2.75, 3.05) is 20.1 Å². The summed E-state index contributed by atoms with van der Waals surface area (Å²) in [6, 6.07) is 1.07. The monoisotopic (exact) mass is 200 g/mol. The van der Waals surface area contributed by atoms with Gasteiger partial charge in [-0.15, -0.1) is 0 Å². The molecule has 0 aromatic heterocycles. The predicted molar refractivity (Wildman–Crippen MR) is 60.3 cm³/mol. The summed E-state index contributed by atoms with van der Waals surface area (Å²) in [4.78, 5) is 15.2. The van der Waals surface area contributed by atoms with Crippen LogP contribution in [0.25, 0.3) is 0 Å². The zero-order valence-corrected chi connectivity index (χ0v) is 10.4. The first-order chi connectivity index (χ1) is 6.36. The molecule has 0 saturated carbocycles. The van der Waals surface area contributed by atoms with Crippen molar-refractivity contribution in [3.05, 3.63) is 0 Å². The molecule has 0 aromatic rings. The van der Waals surface area contributed by atoms with E-state index >= 15 is 0 Å². The molecule has 0 aliphatic heterocycles.